The van der Waals surface area contributed by atoms with E-state index in [2.05, 4.69) is 33.5 Å². The van der Waals surface area contributed by atoms with Crippen molar-refractivity contribution >= 4 is 39.2 Å². The largest absolute Gasteiger partial charge is 0.475 e. The van der Waals surface area contributed by atoms with Crippen LogP contribution in [0.15, 0.2) is 24.4 Å². The Morgan fingerprint density at radius 2 is 2.11 bits per heavy atom. The number of halogens is 2. The molecule has 3 saturated heterocycles. The Morgan fingerprint density at radius 3 is 2.98 bits per heavy atom. The standard InChI is InChI=1S/C33H35ClFN7O3/c1-17-11-33(5-3-6-41(33)13-17)16-45-32-38-29-26-30(39-32)42-7-4-8-43-14-19(42)15-44-31(26)37-28(27(29)35)25-21-12-36-40-23(21)10-22(34)24(25)20-9-18(20)2/h10,12,18-20H,1,3-9,11,13-16H2,2H3,(H,36,40)/t18-,19+,20-,33+/m1/s1. The lowest BCUT2D eigenvalue weighted by molar-refractivity contribution is 0.108. The fourth-order valence-electron chi connectivity index (χ4n) is 8.13. The number of benzene rings is 1. The number of nitrogens with zero attached hydrogens (tertiary/aromatic N) is 6. The molecule has 0 amide bonds. The molecule has 7 heterocycles. The maximum absolute atomic E-state index is 17.2. The number of fused-ring (bicyclic) bond motifs is 4. The molecule has 0 unspecified atom stereocenters. The third-order valence-corrected chi connectivity index (χ3v) is 10.8. The summed E-state index contributed by atoms with van der Waals surface area (Å²) in [5, 5.41) is 9.05. The minimum Gasteiger partial charge on any atom is -0.475 e. The lowest BCUT2D eigenvalue weighted by Gasteiger charge is -2.31. The highest BCUT2D eigenvalue weighted by atomic mass is 35.5. The quantitative estimate of drug-likeness (QED) is 0.280. The van der Waals surface area contributed by atoms with Gasteiger partial charge >= 0.3 is 6.01 Å². The van der Waals surface area contributed by atoms with Crippen LogP contribution in [0.3, 0.4) is 0 Å². The molecule has 4 fully saturated rings. The van der Waals surface area contributed by atoms with E-state index in [0.29, 0.717) is 66.6 Å². The first kappa shape index (κ1) is 27.7. The second-order valence-corrected chi connectivity index (χ2v) is 13.9. The Labute approximate surface area is 264 Å². The lowest BCUT2D eigenvalue weighted by atomic mass is 9.94. The molecule has 0 bridgehead atoms. The molecule has 4 aliphatic heterocycles. The third kappa shape index (κ3) is 4.34. The van der Waals surface area contributed by atoms with Crippen LogP contribution in [0.4, 0.5) is 10.2 Å². The molecule has 5 aliphatic rings. The van der Waals surface area contributed by atoms with Crippen LogP contribution in [0.5, 0.6) is 11.9 Å². The van der Waals surface area contributed by atoms with E-state index in [9.17, 15) is 0 Å². The van der Waals surface area contributed by atoms with Crippen LogP contribution < -0.4 is 14.4 Å². The van der Waals surface area contributed by atoms with Crippen molar-refractivity contribution < 1.29 is 18.6 Å². The summed E-state index contributed by atoms with van der Waals surface area (Å²) in [4.78, 5) is 19.2. The molecule has 4 atom stereocenters. The van der Waals surface area contributed by atoms with Gasteiger partial charge in [0.2, 0.25) is 5.88 Å². The van der Waals surface area contributed by atoms with Gasteiger partial charge in [-0.15, -0.1) is 0 Å². The first-order valence-corrected chi connectivity index (χ1v) is 16.4. The molecule has 0 radical (unpaired) electrons. The van der Waals surface area contributed by atoms with E-state index >= 15 is 4.39 Å². The summed E-state index contributed by atoms with van der Waals surface area (Å²) in [6, 6.07) is 1.91. The van der Waals surface area contributed by atoms with Gasteiger partial charge in [0, 0.05) is 35.7 Å². The van der Waals surface area contributed by atoms with Crippen molar-refractivity contribution in [1.82, 2.24) is 30.0 Å². The van der Waals surface area contributed by atoms with Crippen molar-refractivity contribution in [3.8, 4) is 23.1 Å². The average molecular weight is 632 g/mol. The number of H-pyrrole nitrogens is 1. The van der Waals surface area contributed by atoms with Gasteiger partial charge in [0.1, 0.15) is 35.6 Å². The molecule has 45 heavy (non-hydrogen) atoms. The summed E-state index contributed by atoms with van der Waals surface area (Å²) < 4.78 is 36.0. The van der Waals surface area contributed by atoms with Gasteiger partial charge in [0.15, 0.2) is 5.82 Å². The predicted molar refractivity (Wildman–Crippen MR) is 169 cm³/mol. The van der Waals surface area contributed by atoms with Gasteiger partial charge in [0.05, 0.1) is 29.9 Å². The van der Waals surface area contributed by atoms with E-state index in [-0.39, 0.29) is 34.7 Å². The smallest absolute Gasteiger partial charge is 0.319 e. The molecular weight excluding hydrogens is 597 g/mol. The number of ether oxygens (including phenoxy) is 3. The van der Waals surface area contributed by atoms with Crippen LogP contribution in [0.2, 0.25) is 5.02 Å². The maximum Gasteiger partial charge on any atom is 0.319 e. The number of pyridine rings is 1. The third-order valence-electron chi connectivity index (χ3n) is 10.5. The summed E-state index contributed by atoms with van der Waals surface area (Å²) in [6.45, 7) is 10.9. The normalized spacial score (nSPS) is 27.8. The molecular formula is C33H35ClFN7O3. The van der Waals surface area contributed by atoms with Crippen LogP contribution in [-0.4, -0.2) is 87.7 Å². The second-order valence-electron chi connectivity index (χ2n) is 13.5. The Morgan fingerprint density at radius 1 is 1.22 bits per heavy atom. The zero-order valence-corrected chi connectivity index (χ0v) is 26.0. The van der Waals surface area contributed by atoms with E-state index in [1.54, 1.807) is 6.20 Å². The van der Waals surface area contributed by atoms with Gasteiger partial charge in [-0.1, -0.05) is 30.7 Å². The van der Waals surface area contributed by atoms with Crippen molar-refractivity contribution in [1.29, 1.82) is 0 Å². The zero-order valence-electron chi connectivity index (χ0n) is 25.2. The molecule has 234 valence electrons. The van der Waals surface area contributed by atoms with Crippen molar-refractivity contribution in [2.45, 2.75) is 56.5 Å². The van der Waals surface area contributed by atoms with Crippen molar-refractivity contribution in [2.24, 2.45) is 5.92 Å². The van der Waals surface area contributed by atoms with Gasteiger partial charge < -0.3 is 19.1 Å². The van der Waals surface area contributed by atoms with Gasteiger partial charge in [-0.3, -0.25) is 10.00 Å². The zero-order chi connectivity index (χ0) is 30.4. The summed E-state index contributed by atoms with van der Waals surface area (Å²) in [6.07, 6.45) is 6.52. The molecule has 12 heteroatoms. The van der Waals surface area contributed by atoms with E-state index in [1.165, 1.54) is 5.57 Å². The predicted octanol–water partition coefficient (Wildman–Crippen LogP) is 5.65. The SMILES string of the molecule is C=C1CN2CCC[C@@]2(COc2nc3c4c(nc(-c5c([C@@H]6C[C@H]6C)c(Cl)cc6[nH]ncc56)c(F)c4n2)OC[C@@H]2COCCCN32)C1. The van der Waals surface area contributed by atoms with Gasteiger partial charge in [-0.25, -0.2) is 9.37 Å². The number of aromatic amines is 1. The van der Waals surface area contributed by atoms with Crippen LogP contribution in [0, 0.1) is 11.7 Å². The summed E-state index contributed by atoms with van der Waals surface area (Å²) in [5.74, 6) is 0.956. The number of nitrogens with one attached hydrogen (secondary N) is 1. The molecule has 1 aromatic carbocycles. The molecule has 1 aliphatic carbocycles. The van der Waals surface area contributed by atoms with Crippen molar-refractivity contribution in [2.75, 3.05) is 51.0 Å². The number of hydrogen-bond donors (Lipinski definition) is 1. The Bertz CT molecular complexity index is 1880. The van der Waals surface area contributed by atoms with Gasteiger partial charge in [0.25, 0.3) is 0 Å². The number of aromatic nitrogens is 5. The number of rotatable bonds is 5. The van der Waals surface area contributed by atoms with Gasteiger partial charge in [-0.05, 0) is 62.1 Å². The molecule has 4 aromatic rings. The van der Waals surface area contributed by atoms with Crippen LogP contribution in [0.25, 0.3) is 33.1 Å². The first-order valence-electron chi connectivity index (χ1n) is 16.0. The lowest BCUT2D eigenvalue weighted by Crippen LogP contribution is -2.43. The van der Waals surface area contributed by atoms with E-state index in [1.807, 2.05) is 6.07 Å². The molecule has 1 saturated carbocycles. The highest BCUT2D eigenvalue weighted by Gasteiger charge is 2.47. The summed E-state index contributed by atoms with van der Waals surface area (Å²) in [7, 11) is 0. The van der Waals surface area contributed by atoms with E-state index < -0.39 is 5.82 Å². The minimum absolute atomic E-state index is 0.115. The second kappa shape index (κ2) is 10.2. The maximum atomic E-state index is 17.2. The molecule has 9 rings (SSSR count). The monoisotopic (exact) mass is 631 g/mol. The van der Waals surface area contributed by atoms with Crippen LogP contribution >= 0.6 is 11.6 Å². The average Bonchev–Trinajstić information content (AvgIpc) is 3.32. The fourth-order valence-corrected chi connectivity index (χ4v) is 8.47. The molecule has 10 nitrogen and oxygen atoms in total. The minimum atomic E-state index is -0.551. The molecule has 0 spiro atoms. The molecule has 1 N–H and O–H groups in total. The number of anilines is 1. The van der Waals surface area contributed by atoms with Gasteiger partial charge in [-0.2, -0.15) is 15.1 Å². The number of hydrogen-bond acceptors (Lipinski definition) is 9. The summed E-state index contributed by atoms with van der Waals surface area (Å²) >= 11 is 6.90. The van der Waals surface area contributed by atoms with Crippen molar-refractivity contribution in [3.05, 3.63) is 40.8 Å². The summed E-state index contributed by atoms with van der Waals surface area (Å²) in [5.41, 5.74) is 3.61. The fraction of sp³-hybridized carbons (Fsp3) is 0.515. The molecule has 3 aromatic heterocycles. The van der Waals surface area contributed by atoms with Crippen molar-refractivity contribution in [3.63, 3.8) is 0 Å². The van der Waals surface area contributed by atoms with E-state index in [0.717, 1.165) is 61.7 Å². The topological polar surface area (TPSA) is 102 Å². The highest BCUT2D eigenvalue weighted by Crippen LogP contribution is 2.54. The Balaban J connectivity index is 1.24. The Hall–Kier alpha value is -3.54. The van der Waals surface area contributed by atoms with Crippen LogP contribution in [-0.2, 0) is 4.74 Å². The first-order chi connectivity index (χ1) is 21.9. The Kier molecular flexibility index (Phi) is 6.31. The van der Waals surface area contributed by atoms with Crippen LogP contribution in [0.1, 0.15) is 50.5 Å². The highest BCUT2D eigenvalue weighted by molar-refractivity contribution is 6.33. The van der Waals surface area contributed by atoms with E-state index in [4.69, 9.17) is 40.8 Å².